The number of nitrogens with one attached hydrogen (secondary N) is 4. The number of anilines is 2. The third-order valence-electron chi connectivity index (χ3n) is 5.91. The molecule has 0 aromatic heterocycles. The van der Waals surface area contributed by atoms with Crippen LogP contribution in [-0.2, 0) is 0 Å². The van der Waals surface area contributed by atoms with E-state index < -0.39 is 17.9 Å². The lowest BCUT2D eigenvalue weighted by Gasteiger charge is -2.22. The minimum absolute atomic E-state index is 0.226. The van der Waals surface area contributed by atoms with Gasteiger partial charge in [0, 0.05) is 11.4 Å². The van der Waals surface area contributed by atoms with Crippen molar-refractivity contribution in [2.24, 2.45) is 10.2 Å². The first-order valence-corrected chi connectivity index (χ1v) is 12.9. The van der Waals surface area contributed by atoms with E-state index in [4.69, 9.17) is 24.4 Å². The molecular formula is C28H27N7O2S2. The Labute approximate surface area is 237 Å². The molecule has 0 aliphatic carbocycles. The van der Waals surface area contributed by atoms with Crippen molar-refractivity contribution in [3.05, 3.63) is 95.1 Å². The summed E-state index contributed by atoms with van der Waals surface area (Å²) in [4.78, 5) is 27.3. The molecule has 1 atom stereocenters. The van der Waals surface area contributed by atoms with Crippen LogP contribution in [0.3, 0.4) is 0 Å². The first-order chi connectivity index (χ1) is 18.7. The van der Waals surface area contributed by atoms with Crippen molar-refractivity contribution in [2.75, 3.05) is 10.6 Å². The van der Waals surface area contributed by atoms with Gasteiger partial charge in [-0.25, -0.2) is 0 Å². The minimum atomic E-state index is -0.767. The zero-order chi connectivity index (χ0) is 27.9. The fourth-order valence-corrected chi connectivity index (χ4v) is 4.12. The van der Waals surface area contributed by atoms with E-state index in [1.165, 1.54) is 6.21 Å². The van der Waals surface area contributed by atoms with Crippen molar-refractivity contribution < 1.29 is 9.59 Å². The first-order valence-electron chi connectivity index (χ1n) is 12.1. The molecule has 0 spiro atoms. The maximum Gasteiger partial charge on any atom is 0.262 e. The maximum absolute atomic E-state index is 13.1. The highest BCUT2D eigenvalue weighted by atomic mass is 32.1. The Morgan fingerprint density at radius 1 is 0.769 bits per heavy atom. The standard InChI is InChI=1S/C28H27N7O2S2/c1-17-8-12-20(13-9-17)30-27(38)33-29-16-24(32-34-28(39)31-21-14-10-18(2)11-15-21)19(3)35-25(36)22-6-4-5-7-23(22)26(35)37/h4-16,19H,1-3H3,(H2,30,33,38)(H2,31,34,39)/b29-16+,32-24-. The number of rotatable bonds is 7. The van der Waals surface area contributed by atoms with Crippen molar-refractivity contribution in [1.82, 2.24) is 15.8 Å². The van der Waals surface area contributed by atoms with E-state index in [1.54, 1.807) is 31.2 Å². The molecule has 0 saturated heterocycles. The van der Waals surface area contributed by atoms with Crippen molar-refractivity contribution in [2.45, 2.75) is 26.8 Å². The average molecular weight is 558 g/mol. The molecule has 11 heteroatoms. The van der Waals surface area contributed by atoms with Crippen LogP contribution in [0.2, 0.25) is 0 Å². The quantitative estimate of drug-likeness (QED) is 0.144. The molecule has 2 amide bonds. The van der Waals surface area contributed by atoms with Crippen molar-refractivity contribution in [3.63, 3.8) is 0 Å². The van der Waals surface area contributed by atoms with Gasteiger partial charge in [-0.15, -0.1) is 0 Å². The summed E-state index contributed by atoms with van der Waals surface area (Å²) >= 11 is 10.7. The first kappa shape index (κ1) is 27.6. The predicted molar refractivity (Wildman–Crippen MR) is 163 cm³/mol. The van der Waals surface area contributed by atoms with Gasteiger partial charge >= 0.3 is 0 Å². The summed E-state index contributed by atoms with van der Waals surface area (Å²) in [5, 5.41) is 15.1. The summed E-state index contributed by atoms with van der Waals surface area (Å²) in [5.41, 5.74) is 10.3. The molecule has 1 heterocycles. The summed E-state index contributed by atoms with van der Waals surface area (Å²) in [6.07, 6.45) is 1.39. The molecule has 4 rings (SSSR count). The number of hydrazone groups is 2. The summed E-state index contributed by atoms with van der Waals surface area (Å²) in [7, 11) is 0. The fraction of sp³-hybridized carbons (Fsp3) is 0.143. The number of fused-ring (bicyclic) bond motifs is 1. The summed E-state index contributed by atoms with van der Waals surface area (Å²) in [5.74, 6) is -0.817. The molecule has 0 bridgehead atoms. The van der Waals surface area contributed by atoms with Crippen LogP contribution < -0.4 is 21.5 Å². The van der Waals surface area contributed by atoms with Gasteiger partial charge in [-0.05, 0) is 81.6 Å². The SMILES string of the molecule is Cc1ccc(NC(=S)N/N=C/C(=N/NC(=S)Nc2ccc(C)cc2)C(C)N2C(=O)c3ccccc3C2=O)cc1. The molecule has 39 heavy (non-hydrogen) atoms. The number of hydrogen-bond donors (Lipinski definition) is 4. The molecule has 0 radical (unpaired) electrons. The third-order valence-corrected chi connectivity index (χ3v) is 6.30. The second kappa shape index (κ2) is 12.4. The van der Waals surface area contributed by atoms with Crippen LogP contribution in [0.1, 0.15) is 38.8 Å². The van der Waals surface area contributed by atoms with E-state index >= 15 is 0 Å². The van der Waals surface area contributed by atoms with Gasteiger partial charge < -0.3 is 10.6 Å². The number of imide groups is 1. The van der Waals surface area contributed by atoms with Gasteiger partial charge in [-0.3, -0.25) is 25.3 Å². The molecular weight excluding hydrogens is 530 g/mol. The highest BCUT2D eigenvalue weighted by Gasteiger charge is 2.39. The lowest BCUT2D eigenvalue weighted by Crippen LogP contribution is -2.44. The largest absolute Gasteiger partial charge is 0.331 e. The number of hydrogen-bond acceptors (Lipinski definition) is 6. The summed E-state index contributed by atoms with van der Waals surface area (Å²) in [6, 6.07) is 21.3. The Hall–Kier alpha value is -4.48. The number of carbonyl (C=O) groups excluding carboxylic acids is 2. The Morgan fingerprint density at radius 2 is 1.23 bits per heavy atom. The topological polar surface area (TPSA) is 110 Å². The summed E-state index contributed by atoms with van der Waals surface area (Å²) in [6.45, 7) is 5.68. The highest BCUT2D eigenvalue weighted by molar-refractivity contribution is 7.80. The lowest BCUT2D eigenvalue weighted by molar-refractivity contribution is 0.0636. The van der Waals surface area contributed by atoms with Crippen molar-refractivity contribution in [3.8, 4) is 0 Å². The van der Waals surface area contributed by atoms with Crippen LogP contribution >= 0.6 is 24.4 Å². The van der Waals surface area contributed by atoms with Gasteiger partial charge in [0.05, 0.1) is 23.4 Å². The van der Waals surface area contributed by atoms with Gasteiger partial charge in [0.25, 0.3) is 11.8 Å². The second-order valence-electron chi connectivity index (χ2n) is 8.86. The Morgan fingerprint density at radius 3 is 1.72 bits per heavy atom. The molecule has 4 N–H and O–H groups in total. The number of carbonyl (C=O) groups is 2. The van der Waals surface area contributed by atoms with Crippen LogP contribution in [0.5, 0.6) is 0 Å². The highest BCUT2D eigenvalue weighted by Crippen LogP contribution is 2.24. The monoisotopic (exact) mass is 557 g/mol. The Bertz CT molecular complexity index is 1430. The van der Waals surface area contributed by atoms with E-state index in [-0.39, 0.29) is 15.9 Å². The van der Waals surface area contributed by atoms with E-state index in [0.717, 1.165) is 27.4 Å². The van der Waals surface area contributed by atoms with E-state index in [0.29, 0.717) is 11.1 Å². The third kappa shape index (κ3) is 6.89. The maximum atomic E-state index is 13.1. The number of benzene rings is 3. The zero-order valence-corrected chi connectivity index (χ0v) is 23.2. The second-order valence-corrected chi connectivity index (χ2v) is 9.68. The van der Waals surface area contributed by atoms with Gasteiger partial charge in [0.1, 0.15) is 5.71 Å². The average Bonchev–Trinajstić information content (AvgIpc) is 3.18. The molecule has 1 unspecified atom stereocenters. The molecule has 1 aliphatic heterocycles. The molecule has 9 nitrogen and oxygen atoms in total. The molecule has 3 aromatic carbocycles. The lowest BCUT2D eigenvalue weighted by atomic mass is 10.1. The van der Waals surface area contributed by atoms with E-state index in [1.807, 2.05) is 62.4 Å². The predicted octanol–water partition coefficient (Wildman–Crippen LogP) is 4.60. The van der Waals surface area contributed by atoms with Crippen LogP contribution in [0, 0.1) is 13.8 Å². The van der Waals surface area contributed by atoms with Crippen LogP contribution in [0.25, 0.3) is 0 Å². The molecule has 198 valence electrons. The number of thiocarbonyl (C=S) groups is 2. The van der Waals surface area contributed by atoms with Crippen LogP contribution in [-0.4, -0.2) is 44.9 Å². The van der Waals surface area contributed by atoms with E-state index in [9.17, 15) is 9.59 Å². The number of amides is 2. The van der Waals surface area contributed by atoms with Gasteiger partial charge in [0.15, 0.2) is 10.2 Å². The molecule has 0 fully saturated rings. The normalized spacial score (nSPS) is 13.7. The van der Waals surface area contributed by atoms with Gasteiger partial charge in [-0.1, -0.05) is 47.5 Å². The van der Waals surface area contributed by atoms with Crippen LogP contribution in [0.15, 0.2) is 83.0 Å². The van der Waals surface area contributed by atoms with Crippen molar-refractivity contribution in [1.29, 1.82) is 0 Å². The van der Waals surface area contributed by atoms with Crippen LogP contribution in [0.4, 0.5) is 11.4 Å². The molecule has 1 aliphatic rings. The zero-order valence-electron chi connectivity index (χ0n) is 21.6. The molecule has 3 aromatic rings. The number of aryl methyl sites for hydroxylation is 2. The van der Waals surface area contributed by atoms with E-state index in [2.05, 4.69) is 31.7 Å². The van der Waals surface area contributed by atoms with Gasteiger partial charge in [-0.2, -0.15) is 10.2 Å². The number of nitrogens with zero attached hydrogens (tertiary/aromatic N) is 3. The Balaban J connectivity index is 1.50. The van der Waals surface area contributed by atoms with Crippen molar-refractivity contribution >= 4 is 69.8 Å². The fourth-order valence-electron chi connectivity index (χ4n) is 3.79. The summed E-state index contributed by atoms with van der Waals surface area (Å²) < 4.78 is 0. The minimum Gasteiger partial charge on any atom is -0.331 e. The molecule has 0 saturated carbocycles. The smallest absolute Gasteiger partial charge is 0.262 e. The Kier molecular flexibility index (Phi) is 8.74. The van der Waals surface area contributed by atoms with Gasteiger partial charge in [0.2, 0.25) is 0 Å².